The van der Waals surface area contributed by atoms with Gasteiger partial charge in [-0.15, -0.1) is 0 Å². The molecule has 10 nitrogen and oxygen atoms in total. The molecule has 1 fully saturated rings. The van der Waals surface area contributed by atoms with Crippen LogP contribution in [-0.4, -0.2) is 163 Å². The summed E-state index contributed by atoms with van der Waals surface area (Å²) in [6, 6.07) is 36.1. The smallest absolute Gasteiger partial charge is 0.119 e. The average molecular weight is 1080 g/mol. The predicted molar refractivity (Wildman–Crippen MR) is 326 cm³/mol. The Labute approximate surface area is 475 Å². The van der Waals surface area contributed by atoms with Gasteiger partial charge in [0, 0.05) is 50.3 Å². The van der Waals surface area contributed by atoms with E-state index in [1.807, 2.05) is 12.1 Å². The van der Waals surface area contributed by atoms with Gasteiger partial charge < -0.3 is 28.4 Å². The standard InChI is InChI=1S/C68H108N4O6/c1-49(2)31-61-45-75-53(9)41-69(11)64(34-52(7)8)48-78-68(38-58-29-25-56(26-30-58)36-60-20-18-22-66(40-60)74-16)44-72(14)62(32-50(3)4)46-76-54(10)42-70(12)63(33-51(5)6)47-77-67(43-71(61)13)37-57-27-23-55(24-28-57)35-59-19-17-21-65(39-59)73-15/h17-30,39-40,49-54,61-64,67-68H,31-38,41-48H2,1-16H3/t53-,54-,61+,62+,63+,64+,67-,68-/m1/s1. The fraction of sp³-hybridized carbons (Fsp3) is 0.647. The minimum atomic E-state index is -0.00301. The maximum absolute atomic E-state index is 7.21. The first kappa shape index (κ1) is 65.0. The summed E-state index contributed by atoms with van der Waals surface area (Å²) in [7, 11) is 12.6. The van der Waals surface area contributed by atoms with Crippen LogP contribution in [-0.2, 0) is 44.6 Å². The fourth-order valence-corrected chi connectivity index (χ4v) is 11.4. The van der Waals surface area contributed by atoms with E-state index >= 15 is 0 Å². The summed E-state index contributed by atoms with van der Waals surface area (Å²) in [5.41, 5.74) is 7.65. The lowest BCUT2D eigenvalue weighted by Gasteiger charge is -2.37. The molecule has 0 aliphatic carbocycles. The second kappa shape index (κ2) is 33.8. The van der Waals surface area contributed by atoms with Crippen LogP contribution in [0.2, 0.25) is 0 Å². The Kier molecular flexibility index (Phi) is 28.2. The molecule has 4 aromatic carbocycles. The van der Waals surface area contributed by atoms with Crippen LogP contribution in [0.15, 0.2) is 97.1 Å². The molecular weight excluding hydrogens is 969 g/mol. The fourth-order valence-electron chi connectivity index (χ4n) is 11.4. The van der Waals surface area contributed by atoms with Crippen LogP contribution in [0.5, 0.6) is 11.5 Å². The number of likely N-dealkylation sites (N-methyl/N-ethyl adjacent to an activating group) is 4. The zero-order chi connectivity index (χ0) is 56.7. The maximum atomic E-state index is 7.21. The Balaban J connectivity index is 1.41. The number of nitrogens with zero attached hydrogens (tertiary/aromatic N) is 4. The van der Waals surface area contributed by atoms with Crippen molar-refractivity contribution in [3.8, 4) is 11.5 Å². The van der Waals surface area contributed by atoms with Crippen molar-refractivity contribution >= 4 is 0 Å². The third-order valence-corrected chi connectivity index (χ3v) is 15.8. The van der Waals surface area contributed by atoms with Gasteiger partial charge in [-0.3, -0.25) is 19.6 Å². The molecule has 0 unspecified atom stereocenters. The summed E-state index contributed by atoms with van der Waals surface area (Å²) >= 11 is 0. The lowest BCUT2D eigenvalue weighted by Crippen LogP contribution is -2.47. The summed E-state index contributed by atoms with van der Waals surface area (Å²) in [6.07, 6.45) is 7.66. The van der Waals surface area contributed by atoms with Crippen molar-refractivity contribution in [1.29, 1.82) is 0 Å². The number of hydrogen-bond donors (Lipinski definition) is 0. The number of benzene rings is 4. The Bertz CT molecular complexity index is 2060. The summed E-state index contributed by atoms with van der Waals surface area (Å²) in [5, 5.41) is 0. The van der Waals surface area contributed by atoms with Gasteiger partial charge in [0.2, 0.25) is 0 Å². The van der Waals surface area contributed by atoms with E-state index in [1.54, 1.807) is 14.2 Å². The van der Waals surface area contributed by atoms with E-state index in [9.17, 15) is 0 Å². The highest BCUT2D eigenvalue weighted by Crippen LogP contribution is 2.24. The molecule has 78 heavy (non-hydrogen) atoms. The Morgan fingerprint density at radius 3 is 1.00 bits per heavy atom. The van der Waals surface area contributed by atoms with Gasteiger partial charge in [-0.1, -0.05) is 128 Å². The molecule has 1 heterocycles. The predicted octanol–water partition coefficient (Wildman–Crippen LogP) is 12.7. The van der Waals surface area contributed by atoms with Crippen molar-refractivity contribution in [2.45, 2.75) is 169 Å². The SMILES string of the molecule is COc1cccc(Cc2ccc(C[C@@H]3CN(C)[C@@H](CC(C)C)CO[C@H](C)CN(C)[C@@H](CC(C)C)CO[C@H](Cc4ccc(Cc5cccc(OC)c5)cc4)CN(C)[C@@H](CC(C)C)CO[C@H](C)CN(C)[C@@H](CC(C)C)CO3)cc2)c1. The zero-order valence-electron chi connectivity index (χ0n) is 51.7. The van der Waals surface area contributed by atoms with Gasteiger partial charge in [-0.25, -0.2) is 0 Å². The van der Waals surface area contributed by atoms with E-state index in [0.29, 0.717) is 50.1 Å². The van der Waals surface area contributed by atoms with Crippen LogP contribution in [0.4, 0.5) is 0 Å². The molecule has 0 N–H and O–H groups in total. The van der Waals surface area contributed by atoms with E-state index in [1.165, 1.54) is 33.4 Å². The molecule has 4 aromatic rings. The quantitative estimate of drug-likeness (QED) is 0.0962. The van der Waals surface area contributed by atoms with Gasteiger partial charge in [-0.2, -0.15) is 0 Å². The van der Waals surface area contributed by atoms with Crippen molar-refractivity contribution in [2.75, 3.05) is 95.0 Å². The summed E-state index contributed by atoms with van der Waals surface area (Å²) in [5.74, 6) is 3.87. The first-order valence-corrected chi connectivity index (χ1v) is 29.9. The Morgan fingerprint density at radius 1 is 0.397 bits per heavy atom. The van der Waals surface area contributed by atoms with Crippen molar-refractivity contribution in [1.82, 2.24) is 19.6 Å². The van der Waals surface area contributed by atoms with Crippen LogP contribution >= 0.6 is 0 Å². The summed E-state index contributed by atoms with van der Waals surface area (Å²) < 4.78 is 39.3. The van der Waals surface area contributed by atoms with E-state index in [0.717, 1.165) is 89.0 Å². The summed E-state index contributed by atoms with van der Waals surface area (Å²) in [6.45, 7) is 29.1. The molecule has 10 heteroatoms. The Hall–Kier alpha value is -3.84. The number of hydrogen-bond acceptors (Lipinski definition) is 10. The van der Waals surface area contributed by atoms with E-state index < -0.39 is 0 Å². The van der Waals surface area contributed by atoms with Gasteiger partial charge in [0.1, 0.15) is 11.5 Å². The van der Waals surface area contributed by atoms with Gasteiger partial charge in [0.15, 0.2) is 0 Å². The molecule has 0 saturated carbocycles. The third kappa shape index (κ3) is 23.7. The number of rotatable bonds is 18. The topological polar surface area (TPSA) is 68.3 Å². The lowest BCUT2D eigenvalue weighted by atomic mass is 9.99. The molecule has 0 bridgehead atoms. The highest BCUT2D eigenvalue weighted by Gasteiger charge is 2.29. The molecule has 1 saturated heterocycles. The molecule has 436 valence electrons. The zero-order valence-corrected chi connectivity index (χ0v) is 51.7. The lowest BCUT2D eigenvalue weighted by molar-refractivity contribution is -0.0536. The highest BCUT2D eigenvalue weighted by molar-refractivity contribution is 5.35. The summed E-state index contributed by atoms with van der Waals surface area (Å²) in [4.78, 5) is 10.1. The molecule has 0 aromatic heterocycles. The molecule has 0 radical (unpaired) electrons. The molecule has 1 aliphatic rings. The normalized spacial score (nSPS) is 24.5. The Morgan fingerprint density at radius 2 is 0.692 bits per heavy atom. The highest BCUT2D eigenvalue weighted by atomic mass is 16.5. The van der Waals surface area contributed by atoms with E-state index in [4.69, 9.17) is 28.4 Å². The molecule has 5 rings (SSSR count). The van der Waals surface area contributed by atoms with Crippen molar-refractivity contribution in [3.05, 3.63) is 130 Å². The monoisotopic (exact) mass is 1080 g/mol. The van der Waals surface area contributed by atoms with Gasteiger partial charge in [0.25, 0.3) is 0 Å². The third-order valence-electron chi connectivity index (χ3n) is 15.8. The number of methoxy groups -OCH3 is 2. The second-order valence-corrected chi connectivity index (χ2v) is 25.2. The van der Waals surface area contributed by atoms with Crippen LogP contribution in [0.1, 0.15) is 128 Å². The van der Waals surface area contributed by atoms with E-state index in [2.05, 4.69) is 202 Å². The van der Waals surface area contributed by atoms with Crippen LogP contribution in [0.25, 0.3) is 0 Å². The average Bonchev–Trinajstić information content (AvgIpc) is 3.39. The van der Waals surface area contributed by atoms with Crippen LogP contribution < -0.4 is 9.47 Å². The van der Waals surface area contributed by atoms with Crippen LogP contribution in [0.3, 0.4) is 0 Å². The number of ether oxygens (including phenoxy) is 6. The molecule has 8 atom stereocenters. The molecule has 0 spiro atoms. The van der Waals surface area contributed by atoms with Gasteiger partial charge in [0.05, 0.1) is 65.1 Å². The minimum Gasteiger partial charge on any atom is -0.497 e. The van der Waals surface area contributed by atoms with E-state index in [-0.39, 0.29) is 48.6 Å². The molecule has 1 aliphatic heterocycles. The molecule has 0 amide bonds. The second-order valence-electron chi connectivity index (χ2n) is 25.2. The van der Waals surface area contributed by atoms with Gasteiger partial charge >= 0.3 is 0 Å². The van der Waals surface area contributed by atoms with Gasteiger partial charge in [-0.05, 0) is 175 Å². The maximum Gasteiger partial charge on any atom is 0.119 e. The first-order valence-electron chi connectivity index (χ1n) is 29.9. The van der Waals surface area contributed by atoms with Crippen molar-refractivity contribution in [3.63, 3.8) is 0 Å². The first-order chi connectivity index (χ1) is 37.2. The minimum absolute atomic E-state index is 0.00301. The molecular formula is C68H108N4O6. The van der Waals surface area contributed by atoms with Crippen LogP contribution in [0, 0.1) is 23.7 Å². The van der Waals surface area contributed by atoms with Crippen molar-refractivity contribution < 1.29 is 28.4 Å². The van der Waals surface area contributed by atoms with Crippen molar-refractivity contribution in [2.24, 2.45) is 23.7 Å². The largest absolute Gasteiger partial charge is 0.497 e.